The topological polar surface area (TPSA) is 17.0 Å². The van der Waals surface area contributed by atoms with Gasteiger partial charge in [-0.2, -0.15) is 0 Å². The molecule has 0 saturated heterocycles. The summed E-state index contributed by atoms with van der Waals surface area (Å²) in [6.07, 6.45) is 8.44. The minimum atomic E-state index is -0.223. The van der Waals surface area contributed by atoms with Gasteiger partial charge >= 0.3 is 0 Å². The van der Waals surface area contributed by atoms with E-state index in [4.69, 9.17) is 4.42 Å². The molecule has 35 heavy (non-hydrogen) atoms. The maximum atomic E-state index is 15.5. The van der Waals surface area contributed by atoms with E-state index < -0.39 is 0 Å². The summed E-state index contributed by atoms with van der Waals surface area (Å²) >= 11 is 0. The van der Waals surface area contributed by atoms with Crippen LogP contribution in [-0.4, -0.2) is 0 Å². The third-order valence-corrected chi connectivity index (χ3v) is 8.50. The van der Waals surface area contributed by atoms with Gasteiger partial charge in [0, 0.05) is 22.9 Å². The first kappa shape index (κ1) is 20.9. The number of aryl methyl sites for hydroxylation is 2. The van der Waals surface area contributed by atoms with Gasteiger partial charge in [0.2, 0.25) is 5.69 Å². The summed E-state index contributed by atoms with van der Waals surface area (Å²) in [4.78, 5) is 0. The zero-order chi connectivity index (χ0) is 23.7. The van der Waals surface area contributed by atoms with E-state index in [9.17, 15) is 0 Å². The molecule has 2 aromatic heterocycles. The fourth-order valence-corrected chi connectivity index (χ4v) is 6.73. The molecule has 1 saturated carbocycles. The Bertz CT molecular complexity index is 1620. The number of fused-ring (bicyclic) bond motifs is 6. The highest BCUT2D eigenvalue weighted by Gasteiger charge is 2.31. The molecular formula is C32H29FNO+. The number of rotatable bonds is 2. The first-order chi connectivity index (χ1) is 17.1. The first-order valence-corrected chi connectivity index (χ1v) is 12.8. The molecular weight excluding hydrogens is 433 g/mol. The monoisotopic (exact) mass is 462 g/mol. The predicted molar refractivity (Wildman–Crippen MR) is 139 cm³/mol. The fraction of sp³-hybridized carbons (Fsp3) is 0.281. The van der Waals surface area contributed by atoms with Crippen molar-refractivity contribution in [1.29, 1.82) is 0 Å². The fourth-order valence-electron chi connectivity index (χ4n) is 6.73. The third-order valence-electron chi connectivity index (χ3n) is 8.50. The summed E-state index contributed by atoms with van der Waals surface area (Å²) in [6.45, 7) is 2.11. The van der Waals surface area contributed by atoms with Crippen molar-refractivity contribution >= 4 is 21.9 Å². The number of aromatic nitrogens is 1. The Kier molecular flexibility index (Phi) is 4.64. The lowest BCUT2D eigenvalue weighted by molar-refractivity contribution is -0.660. The van der Waals surface area contributed by atoms with Crippen LogP contribution in [0.5, 0.6) is 0 Å². The molecule has 2 heterocycles. The van der Waals surface area contributed by atoms with Gasteiger partial charge in [-0.3, -0.25) is 0 Å². The Labute approximate surface area is 205 Å². The summed E-state index contributed by atoms with van der Waals surface area (Å²) in [5.74, 6) is 1.05. The van der Waals surface area contributed by atoms with Gasteiger partial charge in [-0.15, -0.1) is 0 Å². The number of hydrogen-bond acceptors (Lipinski definition) is 1. The standard InChI is InChI=1S/C32H29FNO/c1-19-9-13-24-25-15-16-27(33)30(32(25)35-31(24)29(19)28-8-3-4-17-34(28)2)22-12-14-23-20-6-5-7-21(11-10-20)26(23)18-22/h3-4,8-9,12-18,20-21H,5-7,10-11H2,1-2H3/q+1. The molecule has 2 atom stereocenters. The molecule has 2 bridgehead atoms. The SMILES string of the molecule is Cc1ccc2c(oc3c(-c4ccc5c(c4)C4CCCC5CC4)c(F)ccc32)c1-c1cccc[n+]1C. The Morgan fingerprint density at radius 2 is 1.54 bits per heavy atom. The molecule has 3 heteroatoms. The number of pyridine rings is 1. The summed E-state index contributed by atoms with van der Waals surface area (Å²) in [7, 11) is 2.05. The van der Waals surface area contributed by atoms with E-state index in [0.29, 0.717) is 23.0 Å². The lowest BCUT2D eigenvalue weighted by Gasteiger charge is -2.28. The number of nitrogens with zero attached hydrogens (tertiary/aromatic N) is 1. The number of furan rings is 1. The largest absolute Gasteiger partial charge is 0.454 e. The van der Waals surface area contributed by atoms with E-state index in [1.807, 2.05) is 31.4 Å². The Hall–Kier alpha value is -3.46. The van der Waals surface area contributed by atoms with Gasteiger partial charge in [0.25, 0.3) is 0 Å². The zero-order valence-electron chi connectivity index (χ0n) is 20.3. The lowest BCUT2D eigenvalue weighted by Crippen LogP contribution is -2.30. The molecule has 8 rings (SSSR count). The van der Waals surface area contributed by atoms with E-state index in [2.05, 4.69) is 47.9 Å². The second kappa shape index (κ2) is 7.78. The van der Waals surface area contributed by atoms with Crippen LogP contribution in [-0.2, 0) is 7.05 Å². The van der Waals surface area contributed by atoms with Crippen molar-refractivity contribution < 1.29 is 13.4 Å². The van der Waals surface area contributed by atoms with Gasteiger partial charge in [0.1, 0.15) is 24.0 Å². The van der Waals surface area contributed by atoms with Crippen LogP contribution in [0.25, 0.3) is 44.3 Å². The average Bonchev–Trinajstić information content (AvgIpc) is 2.99. The quantitative estimate of drug-likeness (QED) is 0.241. The van der Waals surface area contributed by atoms with Crippen LogP contribution in [0.15, 0.2) is 71.3 Å². The summed E-state index contributed by atoms with van der Waals surface area (Å²) < 4.78 is 24.3. The van der Waals surface area contributed by atoms with Crippen molar-refractivity contribution in [2.45, 2.75) is 50.9 Å². The lowest BCUT2D eigenvalue weighted by atomic mass is 9.77. The van der Waals surface area contributed by atoms with E-state index in [-0.39, 0.29) is 5.82 Å². The molecule has 2 nitrogen and oxygen atoms in total. The molecule has 174 valence electrons. The number of halogens is 1. The van der Waals surface area contributed by atoms with E-state index in [1.54, 1.807) is 6.07 Å². The maximum absolute atomic E-state index is 15.5. The highest BCUT2D eigenvalue weighted by atomic mass is 19.1. The molecule has 0 amide bonds. The summed E-state index contributed by atoms with van der Waals surface area (Å²) in [6, 6.07) is 20.6. The molecule has 1 fully saturated rings. The predicted octanol–water partition coefficient (Wildman–Crippen LogP) is 8.34. The molecule has 0 aliphatic heterocycles. The second-order valence-corrected chi connectivity index (χ2v) is 10.5. The third kappa shape index (κ3) is 3.10. The molecule has 3 aromatic carbocycles. The van der Waals surface area contributed by atoms with Crippen molar-refractivity contribution in [3.8, 4) is 22.4 Å². The molecule has 3 aliphatic carbocycles. The molecule has 0 N–H and O–H groups in total. The van der Waals surface area contributed by atoms with Crippen LogP contribution in [0.3, 0.4) is 0 Å². The molecule has 2 unspecified atom stereocenters. The van der Waals surface area contributed by atoms with Gasteiger partial charge in [-0.1, -0.05) is 36.8 Å². The van der Waals surface area contributed by atoms with Crippen molar-refractivity contribution in [2.75, 3.05) is 0 Å². The Morgan fingerprint density at radius 1 is 0.800 bits per heavy atom. The van der Waals surface area contributed by atoms with Gasteiger partial charge in [-0.05, 0) is 84.9 Å². The summed E-state index contributed by atoms with van der Waals surface area (Å²) in [5.41, 5.74) is 9.20. The zero-order valence-corrected chi connectivity index (χ0v) is 20.3. The average molecular weight is 463 g/mol. The van der Waals surface area contributed by atoms with Crippen molar-refractivity contribution in [2.24, 2.45) is 7.05 Å². The van der Waals surface area contributed by atoms with E-state index in [1.165, 1.54) is 43.2 Å². The van der Waals surface area contributed by atoms with E-state index in [0.717, 1.165) is 38.7 Å². The first-order valence-electron chi connectivity index (χ1n) is 12.8. The number of benzene rings is 3. The minimum Gasteiger partial charge on any atom is -0.454 e. The van der Waals surface area contributed by atoms with Crippen molar-refractivity contribution in [3.05, 3.63) is 89.4 Å². The highest BCUT2D eigenvalue weighted by Crippen LogP contribution is 2.49. The van der Waals surface area contributed by atoms with Gasteiger partial charge in [0.05, 0.1) is 11.1 Å². The molecule has 0 radical (unpaired) electrons. The van der Waals surface area contributed by atoms with Crippen LogP contribution in [0.4, 0.5) is 4.39 Å². The second-order valence-electron chi connectivity index (χ2n) is 10.5. The van der Waals surface area contributed by atoms with E-state index >= 15 is 4.39 Å². The van der Waals surface area contributed by atoms with Crippen LogP contribution >= 0.6 is 0 Å². The van der Waals surface area contributed by atoms with Crippen LogP contribution in [0, 0.1) is 12.7 Å². The van der Waals surface area contributed by atoms with Crippen molar-refractivity contribution in [3.63, 3.8) is 0 Å². The molecule has 3 aliphatic rings. The highest BCUT2D eigenvalue weighted by molar-refractivity contribution is 6.13. The summed E-state index contributed by atoms with van der Waals surface area (Å²) in [5, 5.41) is 1.99. The maximum Gasteiger partial charge on any atom is 0.216 e. The smallest absolute Gasteiger partial charge is 0.216 e. The Balaban J connectivity index is 1.50. The van der Waals surface area contributed by atoms with Gasteiger partial charge < -0.3 is 4.42 Å². The van der Waals surface area contributed by atoms with Crippen LogP contribution in [0.1, 0.15) is 60.6 Å². The Morgan fingerprint density at radius 3 is 2.34 bits per heavy atom. The van der Waals surface area contributed by atoms with Gasteiger partial charge in [0.15, 0.2) is 6.20 Å². The van der Waals surface area contributed by atoms with Crippen molar-refractivity contribution in [1.82, 2.24) is 0 Å². The molecule has 0 spiro atoms. The van der Waals surface area contributed by atoms with Gasteiger partial charge in [-0.25, -0.2) is 8.96 Å². The normalized spacial score (nSPS) is 19.3. The van der Waals surface area contributed by atoms with Crippen LogP contribution in [0.2, 0.25) is 0 Å². The number of hydrogen-bond donors (Lipinski definition) is 0. The molecule has 5 aromatic rings. The van der Waals surface area contributed by atoms with Crippen LogP contribution < -0.4 is 4.57 Å². The minimum absolute atomic E-state index is 0.223.